The van der Waals surface area contributed by atoms with Crippen LogP contribution in [0.1, 0.15) is 19.3 Å². The number of imidazole rings is 1. The van der Waals surface area contributed by atoms with Crippen molar-refractivity contribution in [1.29, 1.82) is 0 Å². The highest BCUT2D eigenvalue weighted by molar-refractivity contribution is 5.97. The minimum absolute atomic E-state index is 0.0771. The predicted octanol–water partition coefficient (Wildman–Crippen LogP) is 7.92. The Morgan fingerprint density at radius 1 is 0.714 bits per heavy atom. The molecular formula is C32H22N2O. The minimum Gasteiger partial charge on any atom is -0.459 e. The molecule has 1 aromatic heterocycles. The lowest BCUT2D eigenvalue weighted by Crippen LogP contribution is -2.11. The molecule has 0 spiro atoms. The first-order chi connectivity index (χ1) is 21.5. The van der Waals surface area contributed by atoms with Crippen LogP contribution >= 0.6 is 0 Å². The number of fused-ring (bicyclic) bond motifs is 5. The number of rotatable bonds is 3. The van der Waals surface area contributed by atoms with E-state index in [1.54, 1.807) is 30.3 Å². The fourth-order valence-electron chi connectivity index (χ4n) is 4.59. The number of hydrogen-bond acceptors (Lipinski definition) is 2. The summed E-state index contributed by atoms with van der Waals surface area (Å²) in [6, 6.07) is 13.5. The van der Waals surface area contributed by atoms with Gasteiger partial charge < -0.3 is 4.74 Å². The van der Waals surface area contributed by atoms with Gasteiger partial charge in [-0.05, 0) is 51.6 Å². The molecule has 0 saturated heterocycles. The molecule has 6 aromatic rings. The van der Waals surface area contributed by atoms with E-state index in [0.717, 1.165) is 16.8 Å². The Hall–Kier alpha value is -4.63. The van der Waals surface area contributed by atoms with Crippen LogP contribution in [-0.2, 0) is 6.61 Å². The molecule has 0 radical (unpaired) electrons. The first-order valence-electron chi connectivity index (χ1n) is 16.0. The molecule has 0 atom stereocenters. The molecule has 0 N–H and O–H groups in total. The third-order valence-corrected chi connectivity index (χ3v) is 6.10. The summed E-state index contributed by atoms with van der Waals surface area (Å²) in [6.45, 7) is 0.351. The predicted molar refractivity (Wildman–Crippen MR) is 142 cm³/mol. The fraction of sp³-hybridized carbons (Fsp3) is 0.0312. The molecule has 7 rings (SSSR count). The molecule has 2 heterocycles. The van der Waals surface area contributed by atoms with Crippen molar-refractivity contribution in [2.45, 2.75) is 6.61 Å². The summed E-state index contributed by atoms with van der Waals surface area (Å²) in [4.78, 5) is 4.72. The molecule has 5 aromatic carbocycles. The van der Waals surface area contributed by atoms with E-state index < -0.39 is 60.4 Å². The molecule has 0 aliphatic carbocycles. The van der Waals surface area contributed by atoms with E-state index in [9.17, 15) is 0 Å². The average molecular weight is 461 g/mol. The maximum Gasteiger partial charge on any atom is 0.302 e. The summed E-state index contributed by atoms with van der Waals surface area (Å²) in [5, 5.41) is 0. The third-order valence-electron chi connectivity index (χ3n) is 6.10. The summed E-state index contributed by atoms with van der Waals surface area (Å²) < 4.78 is 92.1. The van der Waals surface area contributed by atoms with Gasteiger partial charge in [-0.2, -0.15) is 4.98 Å². The lowest BCUT2D eigenvalue weighted by atomic mass is 9.87. The Kier molecular flexibility index (Phi) is 2.78. The highest BCUT2D eigenvalue weighted by Gasteiger charge is 2.22. The van der Waals surface area contributed by atoms with E-state index in [4.69, 9.17) is 23.4 Å². The van der Waals surface area contributed by atoms with Gasteiger partial charge >= 0.3 is 6.01 Å². The molecule has 0 amide bonds. The van der Waals surface area contributed by atoms with Crippen LogP contribution in [-0.4, -0.2) is 9.55 Å². The topological polar surface area (TPSA) is 27.1 Å². The second-order valence-electron chi connectivity index (χ2n) is 8.08. The van der Waals surface area contributed by atoms with Crippen LogP contribution in [0.4, 0.5) is 0 Å². The number of nitrogens with zero attached hydrogens (tertiary/aromatic N) is 2. The highest BCUT2D eigenvalue weighted by Crippen LogP contribution is 2.42. The van der Waals surface area contributed by atoms with Crippen LogP contribution < -0.4 is 4.74 Å². The zero-order chi connectivity index (χ0) is 31.9. The van der Waals surface area contributed by atoms with Gasteiger partial charge in [0.05, 0.1) is 30.4 Å². The van der Waals surface area contributed by atoms with Gasteiger partial charge in [0.25, 0.3) is 0 Å². The summed E-state index contributed by atoms with van der Waals surface area (Å²) in [5.41, 5.74) is 4.34. The van der Waals surface area contributed by atoms with Crippen molar-refractivity contribution >= 4 is 11.0 Å². The van der Waals surface area contributed by atoms with Crippen LogP contribution in [0.5, 0.6) is 6.01 Å². The Morgan fingerprint density at radius 2 is 1.40 bits per heavy atom. The smallest absolute Gasteiger partial charge is 0.302 e. The van der Waals surface area contributed by atoms with Crippen molar-refractivity contribution in [3.8, 4) is 45.1 Å². The van der Waals surface area contributed by atoms with E-state index in [1.165, 1.54) is 0 Å². The van der Waals surface area contributed by atoms with Crippen molar-refractivity contribution in [3.05, 3.63) is 127 Å². The second kappa shape index (κ2) is 8.00. The summed E-state index contributed by atoms with van der Waals surface area (Å²) >= 11 is 0. The van der Waals surface area contributed by atoms with Gasteiger partial charge in [0.2, 0.25) is 0 Å². The lowest BCUT2D eigenvalue weighted by Gasteiger charge is -2.19. The second-order valence-corrected chi connectivity index (χ2v) is 8.08. The Bertz CT molecular complexity index is 2100. The first-order valence-corrected chi connectivity index (χ1v) is 11.0. The molecule has 3 nitrogen and oxygen atoms in total. The Balaban J connectivity index is 1.58. The number of hydrogen-bond donors (Lipinski definition) is 0. The van der Waals surface area contributed by atoms with Crippen molar-refractivity contribution in [3.63, 3.8) is 0 Å². The standard InChI is InChI=1S/C32H22N2O/c1-3-10-22(11-4-1)26-15-9-16-27(23-12-5-2-6-13-23)31(26)24-18-19-30-28(20-24)33-32-34(30)29-17-8-7-14-25(29)21-35-32/h1-20H,21H2/i1D,2D,3D,4D,5D,6D,10D,11D,12D,13D. The summed E-state index contributed by atoms with van der Waals surface area (Å²) in [7, 11) is 0. The van der Waals surface area contributed by atoms with E-state index in [2.05, 4.69) is 0 Å². The van der Waals surface area contributed by atoms with Crippen LogP contribution in [0.25, 0.3) is 50.1 Å². The van der Waals surface area contributed by atoms with Crippen LogP contribution in [0.2, 0.25) is 0 Å². The van der Waals surface area contributed by atoms with E-state index in [0.29, 0.717) is 29.3 Å². The number of para-hydroxylation sites is 1. The van der Waals surface area contributed by atoms with Crippen molar-refractivity contribution in [2.24, 2.45) is 0 Å². The molecule has 166 valence electrons. The normalized spacial score (nSPS) is 16.1. The molecule has 1 aliphatic rings. The Morgan fingerprint density at radius 3 is 2.11 bits per heavy atom. The highest BCUT2D eigenvalue weighted by atomic mass is 16.5. The third kappa shape index (κ3) is 3.24. The zero-order valence-corrected chi connectivity index (χ0v) is 18.3. The quantitative estimate of drug-likeness (QED) is 0.268. The van der Waals surface area contributed by atoms with Gasteiger partial charge in [-0.3, -0.25) is 4.57 Å². The largest absolute Gasteiger partial charge is 0.459 e. The molecular weight excluding hydrogens is 428 g/mol. The van der Waals surface area contributed by atoms with Crippen LogP contribution in [0.3, 0.4) is 0 Å². The van der Waals surface area contributed by atoms with Gasteiger partial charge in [0.1, 0.15) is 6.61 Å². The van der Waals surface area contributed by atoms with E-state index in [-0.39, 0.29) is 22.3 Å². The number of ether oxygens (including phenoxy) is 1. The zero-order valence-electron chi connectivity index (χ0n) is 28.3. The van der Waals surface area contributed by atoms with Gasteiger partial charge in [-0.25, -0.2) is 0 Å². The van der Waals surface area contributed by atoms with Crippen LogP contribution in [0, 0.1) is 0 Å². The molecule has 1 aliphatic heterocycles. The molecule has 0 saturated carbocycles. The monoisotopic (exact) mass is 460 g/mol. The molecule has 3 heteroatoms. The fourth-order valence-corrected chi connectivity index (χ4v) is 4.59. The first kappa shape index (κ1) is 12.2. The number of benzene rings is 5. The van der Waals surface area contributed by atoms with Gasteiger partial charge in [0, 0.05) is 5.56 Å². The lowest BCUT2D eigenvalue weighted by molar-refractivity contribution is 0.265. The minimum atomic E-state index is -0.539. The van der Waals surface area contributed by atoms with E-state index >= 15 is 0 Å². The van der Waals surface area contributed by atoms with Crippen molar-refractivity contribution in [1.82, 2.24) is 9.55 Å². The van der Waals surface area contributed by atoms with Crippen LogP contribution in [0.15, 0.2) is 121 Å². The van der Waals surface area contributed by atoms with E-state index in [1.807, 2.05) is 34.9 Å². The molecule has 35 heavy (non-hydrogen) atoms. The molecule has 0 fully saturated rings. The van der Waals surface area contributed by atoms with Gasteiger partial charge in [0.15, 0.2) is 0 Å². The molecule has 0 bridgehead atoms. The number of aromatic nitrogens is 2. The van der Waals surface area contributed by atoms with Crippen molar-refractivity contribution < 1.29 is 18.4 Å². The summed E-state index contributed by atoms with van der Waals surface area (Å²) in [6.07, 6.45) is 0. The summed E-state index contributed by atoms with van der Waals surface area (Å²) in [5.74, 6) is 0. The van der Waals surface area contributed by atoms with Crippen molar-refractivity contribution in [2.75, 3.05) is 0 Å². The van der Waals surface area contributed by atoms with Gasteiger partial charge in [-0.1, -0.05) is 103 Å². The maximum absolute atomic E-state index is 8.71. The average Bonchev–Trinajstić information content (AvgIpc) is 3.43. The SMILES string of the molecule is [2H]c1c([2H])c([2H])c(-c2cccc(-c3c([2H])c([2H])c([2H])c([2H])c3[2H])c2-c2ccc3c(c2)nc2n3-c3ccccc3CO2)c([2H])c1[2H]. The molecule has 0 unspecified atom stereocenters. The Labute approximate surface area is 218 Å². The maximum atomic E-state index is 8.71. The van der Waals surface area contributed by atoms with Gasteiger partial charge in [-0.15, -0.1) is 0 Å².